The first kappa shape index (κ1) is 19.2. The van der Waals surface area contributed by atoms with Gasteiger partial charge in [-0.05, 0) is 38.3 Å². The van der Waals surface area contributed by atoms with Gasteiger partial charge < -0.3 is 9.80 Å². The highest BCUT2D eigenvalue weighted by Gasteiger charge is 2.54. The molecule has 0 bridgehead atoms. The van der Waals surface area contributed by atoms with Crippen molar-refractivity contribution >= 4 is 17.8 Å². The third-order valence-electron chi connectivity index (χ3n) is 5.92. The first-order chi connectivity index (χ1) is 13.9. The summed E-state index contributed by atoms with van der Waals surface area (Å²) in [4.78, 5) is 41.3. The van der Waals surface area contributed by atoms with E-state index in [9.17, 15) is 14.4 Å². The van der Waals surface area contributed by atoms with Crippen LogP contribution < -0.4 is 5.32 Å². The molecule has 4 rings (SSSR count). The molecule has 0 atom stereocenters. The van der Waals surface area contributed by atoms with Gasteiger partial charge in [0.25, 0.3) is 5.91 Å². The second kappa shape index (κ2) is 7.35. The van der Waals surface area contributed by atoms with Gasteiger partial charge in [-0.25, -0.2) is 4.79 Å². The Morgan fingerprint density at radius 1 is 1.14 bits per heavy atom. The lowest BCUT2D eigenvalue weighted by molar-refractivity contribution is -0.138. The minimum Gasteiger partial charge on any atom is -0.341 e. The van der Waals surface area contributed by atoms with E-state index in [1.165, 1.54) is 0 Å². The van der Waals surface area contributed by atoms with Crippen molar-refractivity contribution in [3.63, 3.8) is 0 Å². The number of likely N-dealkylation sites (tertiary alicyclic amines) is 1. The number of aromatic nitrogens is 2. The fourth-order valence-corrected chi connectivity index (χ4v) is 4.27. The molecule has 152 valence electrons. The summed E-state index contributed by atoms with van der Waals surface area (Å²) in [6, 6.07) is 11.2. The molecule has 3 heterocycles. The van der Waals surface area contributed by atoms with E-state index < -0.39 is 5.54 Å². The van der Waals surface area contributed by atoms with Crippen molar-refractivity contribution < 1.29 is 14.4 Å². The quantitative estimate of drug-likeness (QED) is 0.797. The van der Waals surface area contributed by atoms with E-state index in [0.717, 1.165) is 17.0 Å². The summed E-state index contributed by atoms with van der Waals surface area (Å²) in [5.74, 6) is -0.283. The van der Waals surface area contributed by atoms with Gasteiger partial charge in [0, 0.05) is 25.3 Å². The van der Waals surface area contributed by atoms with Crippen molar-refractivity contribution in [1.82, 2.24) is 24.9 Å². The van der Waals surface area contributed by atoms with E-state index in [1.54, 1.807) is 14.5 Å². The van der Waals surface area contributed by atoms with Crippen LogP contribution in [0.15, 0.2) is 36.4 Å². The summed E-state index contributed by atoms with van der Waals surface area (Å²) in [7, 11) is 0. The molecular formula is C21H25N5O3. The SMILES string of the molecule is Cc1cc(C)n(CC(=O)N2CCC3(CC2)C(=O)NC(=O)N3Cc2ccccc2)n1. The van der Waals surface area contributed by atoms with Crippen LogP contribution in [0, 0.1) is 13.8 Å². The Hall–Kier alpha value is -3.16. The molecule has 8 heteroatoms. The Kier molecular flexibility index (Phi) is 4.86. The summed E-state index contributed by atoms with van der Waals surface area (Å²) >= 11 is 0. The Morgan fingerprint density at radius 2 is 1.83 bits per heavy atom. The number of nitrogens with one attached hydrogen (secondary N) is 1. The molecule has 1 spiro atoms. The molecule has 2 fully saturated rings. The topological polar surface area (TPSA) is 87.5 Å². The molecule has 0 saturated carbocycles. The number of hydrogen-bond donors (Lipinski definition) is 1. The standard InChI is InChI=1S/C21H25N5O3/c1-15-12-16(2)26(23-15)14-18(27)24-10-8-21(9-11-24)19(28)22-20(29)25(21)13-17-6-4-3-5-7-17/h3-7,12H,8-11,13-14H2,1-2H3,(H,22,28,29). The van der Waals surface area contributed by atoms with E-state index in [2.05, 4.69) is 10.4 Å². The van der Waals surface area contributed by atoms with E-state index in [4.69, 9.17) is 0 Å². The molecular weight excluding hydrogens is 370 g/mol. The summed E-state index contributed by atoms with van der Waals surface area (Å²) in [6.07, 6.45) is 0.862. The summed E-state index contributed by atoms with van der Waals surface area (Å²) < 4.78 is 1.70. The second-order valence-electron chi connectivity index (χ2n) is 7.83. The molecule has 2 aliphatic rings. The van der Waals surface area contributed by atoms with Gasteiger partial charge in [-0.1, -0.05) is 30.3 Å². The van der Waals surface area contributed by atoms with E-state index in [1.807, 2.05) is 50.2 Å². The highest BCUT2D eigenvalue weighted by molar-refractivity contribution is 6.07. The van der Waals surface area contributed by atoms with Gasteiger partial charge in [0.05, 0.1) is 5.69 Å². The molecule has 1 aromatic heterocycles. The lowest BCUT2D eigenvalue weighted by Gasteiger charge is -2.42. The first-order valence-electron chi connectivity index (χ1n) is 9.85. The Labute approximate surface area is 169 Å². The molecule has 8 nitrogen and oxygen atoms in total. The Bertz CT molecular complexity index is 944. The monoisotopic (exact) mass is 395 g/mol. The van der Waals surface area contributed by atoms with Crippen molar-refractivity contribution in [3.8, 4) is 0 Å². The molecule has 0 unspecified atom stereocenters. The molecule has 4 amide bonds. The van der Waals surface area contributed by atoms with Crippen molar-refractivity contribution in [3.05, 3.63) is 53.3 Å². The summed E-state index contributed by atoms with van der Waals surface area (Å²) in [5.41, 5.74) is 1.91. The zero-order valence-electron chi connectivity index (χ0n) is 16.7. The molecule has 0 radical (unpaired) electrons. The average molecular weight is 395 g/mol. The number of rotatable bonds is 4. The third-order valence-corrected chi connectivity index (χ3v) is 5.92. The minimum atomic E-state index is -0.887. The molecule has 29 heavy (non-hydrogen) atoms. The van der Waals surface area contributed by atoms with Gasteiger partial charge in [-0.3, -0.25) is 19.6 Å². The zero-order valence-corrected chi connectivity index (χ0v) is 16.7. The fraction of sp³-hybridized carbons (Fsp3) is 0.429. The second-order valence-corrected chi connectivity index (χ2v) is 7.83. The van der Waals surface area contributed by atoms with Crippen LogP contribution in [0.4, 0.5) is 4.79 Å². The highest BCUT2D eigenvalue weighted by atomic mass is 16.2. The predicted molar refractivity (Wildman–Crippen MR) is 106 cm³/mol. The van der Waals surface area contributed by atoms with Crippen LogP contribution >= 0.6 is 0 Å². The maximum Gasteiger partial charge on any atom is 0.325 e. The molecule has 1 N–H and O–H groups in total. The maximum absolute atomic E-state index is 12.7. The molecule has 1 aromatic carbocycles. The van der Waals surface area contributed by atoms with Crippen LogP contribution in [0.25, 0.3) is 0 Å². The van der Waals surface area contributed by atoms with Crippen molar-refractivity contribution in [2.24, 2.45) is 0 Å². The molecule has 2 aromatic rings. The third kappa shape index (κ3) is 3.50. The van der Waals surface area contributed by atoms with Crippen LogP contribution in [0.2, 0.25) is 0 Å². The zero-order chi connectivity index (χ0) is 20.6. The number of aryl methyl sites for hydroxylation is 2. The Morgan fingerprint density at radius 3 is 2.45 bits per heavy atom. The lowest BCUT2D eigenvalue weighted by Crippen LogP contribution is -2.57. The van der Waals surface area contributed by atoms with Crippen molar-refractivity contribution in [2.75, 3.05) is 13.1 Å². The Balaban J connectivity index is 1.46. The number of carbonyl (C=O) groups is 3. The number of hydrogen-bond acceptors (Lipinski definition) is 4. The van der Waals surface area contributed by atoms with Gasteiger partial charge in [-0.15, -0.1) is 0 Å². The van der Waals surface area contributed by atoms with Crippen LogP contribution in [0.5, 0.6) is 0 Å². The fourth-order valence-electron chi connectivity index (χ4n) is 4.27. The minimum absolute atomic E-state index is 0.0228. The maximum atomic E-state index is 12.7. The van der Waals surface area contributed by atoms with Gasteiger partial charge in [0.1, 0.15) is 12.1 Å². The number of carbonyl (C=O) groups excluding carboxylic acids is 3. The predicted octanol–water partition coefficient (Wildman–Crippen LogP) is 1.61. The number of amides is 4. The lowest BCUT2D eigenvalue weighted by atomic mass is 9.85. The van der Waals surface area contributed by atoms with E-state index in [-0.39, 0.29) is 24.4 Å². The number of nitrogens with zero attached hydrogens (tertiary/aromatic N) is 4. The smallest absolute Gasteiger partial charge is 0.325 e. The first-order valence-corrected chi connectivity index (χ1v) is 9.85. The largest absolute Gasteiger partial charge is 0.341 e. The van der Waals surface area contributed by atoms with E-state index in [0.29, 0.717) is 32.5 Å². The average Bonchev–Trinajstić information content (AvgIpc) is 3.13. The van der Waals surface area contributed by atoms with Gasteiger partial charge in [0.2, 0.25) is 5.91 Å². The van der Waals surface area contributed by atoms with Crippen LogP contribution in [0.3, 0.4) is 0 Å². The van der Waals surface area contributed by atoms with Gasteiger partial charge >= 0.3 is 6.03 Å². The number of urea groups is 1. The van der Waals surface area contributed by atoms with E-state index >= 15 is 0 Å². The van der Waals surface area contributed by atoms with Crippen LogP contribution in [-0.2, 0) is 22.7 Å². The summed E-state index contributed by atoms with van der Waals surface area (Å²) in [5, 5.41) is 6.82. The van der Waals surface area contributed by atoms with Crippen LogP contribution in [0.1, 0.15) is 29.8 Å². The molecule has 0 aliphatic carbocycles. The highest BCUT2D eigenvalue weighted by Crippen LogP contribution is 2.34. The normalized spacial score (nSPS) is 18.4. The van der Waals surface area contributed by atoms with Crippen LogP contribution in [-0.4, -0.2) is 56.1 Å². The molecule has 2 aliphatic heterocycles. The summed E-state index contributed by atoms with van der Waals surface area (Å²) in [6.45, 7) is 5.25. The van der Waals surface area contributed by atoms with Gasteiger partial charge in [-0.2, -0.15) is 5.10 Å². The van der Waals surface area contributed by atoms with Crippen molar-refractivity contribution in [2.45, 2.75) is 45.3 Å². The molecule has 2 saturated heterocycles. The van der Waals surface area contributed by atoms with Crippen molar-refractivity contribution in [1.29, 1.82) is 0 Å². The number of piperidine rings is 1. The van der Waals surface area contributed by atoms with Gasteiger partial charge in [0.15, 0.2) is 0 Å². The number of imide groups is 1. The number of benzene rings is 1.